The Kier molecular flexibility index (Phi) is 6.68. The molecule has 0 atom stereocenters. The van der Waals surface area contributed by atoms with Gasteiger partial charge >= 0.3 is 0 Å². The molecular formula is C20H22FN3O5S. The summed E-state index contributed by atoms with van der Waals surface area (Å²) in [6, 6.07) is 7.62. The molecule has 3 rings (SSSR count). The van der Waals surface area contributed by atoms with E-state index in [4.69, 9.17) is 4.42 Å². The lowest BCUT2D eigenvalue weighted by Crippen LogP contribution is -2.53. The van der Waals surface area contributed by atoms with Crippen molar-refractivity contribution in [2.45, 2.75) is 4.90 Å². The van der Waals surface area contributed by atoms with Crippen molar-refractivity contribution < 1.29 is 26.8 Å². The molecule has 0 saturated carbocycles. The van der Waals surface area contributed by atoms with Crippen LogP contribution in [0.5, 0.6) is 0 Å². The molecule has 10 heteroatoms. The van der Waals surface area contributed by atoms with Gasteiger partial charge in [0, 0.05) is 32.7 Å². The van der Waals surface area contributed by atoms with Crippen molar-refractivity contribution in [1.82, 2.24) is 14.1 Å². The van der Waals surface area contributed by atoms with Gasteiger partial charge in [-0.15, -0.1) is 6.58 Å². The highest BCUT2D eigenvalue weighted by Crippen LogP contribution is 2.17. The Labute approximate surface area is 174 Å². The van der Waals surface area contributed by atoms with Crippen molar-refractivity contribution >= 4 is 21.8 Å². The van der Waals surface area contributed by atoms with Gasteiger partial charge in [0.1, 0.15) is 5.82 Å². The Morgan fingerprint density at radius 3 is 2.30 bits per heavy atom. The molecule has 0 radical (unpaired) electrons. The van der Waals surface area contributed by atoms with Crippen LogP contribution < -0.4 is 0 Å². The second kappa shape index (κ2) is 9.23. The van der Waals surface area contributed by atoms with E-state index >= 15 is 0 Å². The van der Waals surface area contributed by atoms with E-state index in [1.54, 1.807) is 17.0 Å². The SMILES string of the molecule is C=CCN(CC(=O)N1CCN(C(=O)c2ccco2)CC1)S(=O)(=O)c1ccc(F)cc1. The van der Waals surface area contributed by atoms with Crippen LogP contribution in [0.15, 0.2) is 64.6 Å². The highest BCUT2D eigenvalue weighted by molar-refractivity contribution is 7.89. The number of carbonyl (C=O) groups excluding carboxylic acids is 2. The summed E-state index contributed by atoms with van der Waals surface area (Å²) in [6.07, 6.45) is 2.80. The molecule has 0 spiro atoms. The van der Waals surface area contributed by atoms with E-state index in [1.807, 2.05) is 0 Å². The van der Waals surface area contributed by atoms with E-state index in [1.165, 1.54) is 17.2 Å². The molecule has 1 saturated heterocycles. The fourth-order valence-electron chi connectivity index (χ4n) is 3.11. The predicted octanol–water partition coefficient (Wildman–Crippen LogP) is 1.58. The second-order valence-electron chi connectivity index (χ2n) is 6.69. The first-order chi connectivity index (χ1) is 14.3. The van der Waals surface area contributed by atoms with Gasteiger partial charge in [0.05, 0.1) is 17.7 Å². The molecule has 0 N–H and O–H groups in total. The number of rotatable bonds is 7. The maximum absolute atomic E-state index is 13.1. The van der Waals surface area contributed by atoms with Crippen LogP contribution >= 0.6 is 0 Å². The smallest absolute Gasteiger partial charge is 0.289 e. The van der Waals surface area contributed by atoms with Crippen LogP contribution in [0, 0.1) is 5.82 Å². The number of furan rings is 1. The highest BCUT2D eigenvalue weighted by atomic mass is 32.2. The van der Waals surface area contributed by atoms with E-state index in [-0.39, 0.29) is 48.6 Å². The van der Waals surface area contributed by atoms with Crippen LogP contribution in [0.2, 0.25) is 0 Å². The number of hydrogen-bond donors (Lipinski definition) is 0. The number of benzene rings is 1. The van der Waals surface area contributed by atoms with Crippen LogP contribution in [0.3, 0.4) is 0 Å². The van der Waals surface area contributed by atoms with E-state index in [9.17, 15) is 22.4 Å². The number of carbonyl (C=O) groups is 2. The van der Waals surface area contributed by atoms with Gasteiger partial charge in [-0.25, -0.2) is 12.8 Å². The van der Waals surface area contributed by atoms with Crippen LogP contribution in [-0.2, 0) is 14.8 Å². The summed E-state index contributed by atoms with van der Waals surface area (Å²) >= 11 is 0. The lowest BCUT2D eigenvalue weighted by atomic mass is 10.2. The molecule has 2 amide bonds. The summed E-state index contributed by atoms with van der Waals surface area (Å²) in [5, 5.41) is 0. The fraction of sp³-hybridized carbons (Fsp3) is 0.300. The summed E-state index contributed by atoms with van der Waals surface area (Å²) in [5.74, 6) is -0.952. The molecule has 0 unspecified atom stereocenters. The lowest BCUT2D eigenvalue weighted by molar-refractivity contribution is -0.132. The first-order valence-electron chi connectivity index (χ1n) is 9.30. The Morgan fingerprint density at radius 1 is 1.10 bits per heavy atom. The quantitative estimate of drug-likeness (QED) is 0.616. The van der Waals surface area contributed by atoms with E-state index in [0.717, 1.165) is 28.6 Å². The average Bonchev–Trinajstić information content (AvgIpc) is 3.28. The molecule has 2 aromatic rings. The minimum Gasteiger partial charge on any atom is -0.459 e. The molecule has 8 nitrogen and oxygen atoms in total. The van der Waals surface area contributed by atoms with Gasteiger partial charge in [-0.05, 0) is 36.4 Å². The molecule has 0 bridgehead atoms. The molecule has 1 aromatic heterocycles. The third kappa shape index (κ3) is 4.77. The molecule has 1 aromatic carbocycles. The third-order valence-corrected chi connectivity index (χ3v) is 6.57. The van der Waals surface area contributed by atoms with Gasteiger partial charge < -0.3 is 14.2 Å². The summed E-state index contributed by atoms with van der Waals surface area (Å²) in [7, 11) is -4.00. The molecule has 160 valence electrons. The number of nitrogens with zero attached hydrogens (tertiary/aromatic N) is 3. The standard InChI is InChI=1S/C20H22FN3O5S/c1-2-9-24(30(27,28)17-7-5-16(21)6-8-17)15-19(25)22-10-12-23(13-11-22)20(26)18-4-3-14-29-18/h2-8,14H,1,9-13,15H2. The zero-order valence-corrected chi connectivity index (χ0v) is 17.1. The van der Waals surface area contributed by atoms with E-state index in [0.29, 0.717) is 13.1 Å². The Balaban J connectivity index is 1.64. The first-order valence-corrected chi connectivity index (χ1v) is 10.7. The predicted molar refractivity (Wildman–Crippen MR) is 107 cm³/mol. The lowest BCUT2D eigenvalue weighted by Gasteiger charge is -2.35. The van der Waals surface area contributed by atoms with Crippen molar-refractivity contribution in [3.05, 3.63) is 66.9 Å². The summed E-state index contributed by atoms with van der Waals surface area (Å²) in [6.45, 7) is 4.30. The summed E-state index contributed by atoms with van der Waals surface area (Å²) < 4.78 is 44.9. The number of amides is 2. The maximum atomic E-state index is 13.1. The monoisotopic (exact) mass is 435 g/mol. The van der Waals surface area contributed by atoms with Crippen molar-refractivity contribution in [3.8, 4) is 0 Å². The Hall–Kier alpha value is -2.98. The molecule has 1 aliphatic rings. The van der Waals surface area contributed by atoms with Gasteiger partial charge in [-0.2, -0.15) is 4.31 Å². The topological polar surface area (TPSA) is 91.1 Å². The fourth-order valence-corrected chi connectivity index (χ4v) is 4.47. The summed E-state index contributed by atoms with van der Waals surface area (Å²) in [5.41, 5.74) is 0. The van der Waals surface area contributed by atoms with Crippen molar-refractivity contribution in [1.29, 1.82) is 0 Å². The number of piperazine rings is 1. The van der Waals surface area contributed by atoms with Gasteiger partial charge in [0.15, 0.2) is 5.76 Å². The second-order valence-corrected chi connectivity index (χ2v) is 8.63. The molecule has 30 heavy (non-hydrogen) atoms. The van der Waals surface area contributed by atoms with Crippen molar-refractivity contribution in [2.75, 3.05) is 39.3 Å². The molecule has 1 fully saturated rings. The van der Waals surface area contributed by atoms with E-state index < -0.39 is 15.8 Å². The normalized spacial score (nSPS) is 14.7. The third-order valence-electron chi connectivity index (χ3n) is 4.75. The minimum atomic E-state index is -4.00. The van der Waals surface area contributed by atoms with Gasteiger partial charge in [-0.3, -0.25) is 9.59 Å². The first kappa shape index (κ1) is 21.7. The number of hydrogen-bond acceptors (Lipinski definition) is 5. The average molecular weight is 435 g/mol. The molecular weight excluding hydrogens is 413 g/mol. The van der Waals surface area contributed by atoms with Crippen LogP contribution in [-0.4, -0.2) is 73.6 Å². The van der Waals surface area contributed by atoms with Crippen LogP contribution in [0.4, 0.5) is 4.39 Å². The minimum absolute atomic E-state index is 0.0671. The maximum Gasteiger partial charge on any atom is 0.289 e. The van der Waals surface area contributed by atoms with Gasteiger partial charge in [0.25, 0.3) is 5.91 Å². The zero-order valence-electron chi connectivity index (χ0n) is 16.2. The van der Waals surface area contributed by atoms with E-state index in [2.05, 4.69) is 6.58 Å². The number of sulfonamides is 1. The Morgan fingerprint density at radius 2 is 1.73 bits per heavy atom. The van der Waals surface area contributed by atoms with Crippen molar-refractivity contribution in [2.24, 2.45) is 0 Å². The van der Waals surface area contributed by atoms with Gasteiger partial charge in [-0.1, -0.05) is 6.08 Å². The largest absolute Gasteiger partial charge is 0.459 e. The summed E-state index contributed by atoms with van der Waals surface area (Å²) in [4.78, 5) is 28.0. The Bertz CT molecular complexity index is 998. The highest BCUT2D eigenvalue weighted by Gasteiger charge is 2.30. The van der Waals surface area contributed by atoms with Crippen LogP contribution in [0.25, 0.3) is 0 Å². The number of halogens is 1. The van der Waals surface area contributed by atoms with Gasteiger partial charge in [0.2, 0.25) is 15.9 Å². The molecule has 2 heterocycles. The zero-order chi connectivity index (χ0) is 21.7. The molecule has 0 aliphatic carbocycles. The van der Waals surface area contributed by atoms with Crippen molar-refractivity contribution in [3.63, 3.8) is 0 Å². The molecule has 1 aliphatic heterocycles. The van der Waals surface area contributed by atoms with Crippen LogP contribution in [0.1, 0.15) is 10.6 Å².